The average molecular weight is 283 g/mol. The van der Waals surface area contributed by atoms with Gasteiger partial charge in [-0.3, -0.25) is 0 Å². The van der Waals surface area contributed by atoms with E-state index in [1.54, 1.807) is 0 Å². The van der Waals surface area contributed by atoms with Crippen LogP contribution in [0.2, 0.25) is 0 Å². The van der Waals surface area contributed by atoms with Crippen molar-refractivity contribution in [2.24, 2.45) is 5.73 Å². The predicted molar refractivity (Wildman–Crippen MR) is 66.1 cm³/mol. The van der Waals surface area contributed by atoms with Gasteiger partial charge in [-0.25, -0.2) is 9.97 Å². The van der Waals surface area contributed by atoms with E-state index >= 15 is 0 Å². The Labute approximate surface area is 113 Å². The first-order chi connectivity index (χ1) is 9.43. The molecule has 2 N–H and O–H groups in total. The molecule has 2 rings (SSSR count). The number of hydrogen-bond donors (Lipinski definition) is 1. The molecule has 0 saturated heterocycles. The SMILES string of the molecule is COc1cc(C(N)c2ccccc2C(F)(F)F)ncn1. The number of aromatic nitrogens is 2. The fourth-order valence-corrected chi connectivity index (χ4v) is 1.82. The monoisotopic (exact) mass is 283 g/mol. The van der Waals surface area contributed by atoms with Crippen LogP contribution >= 0.6 is 0 Å². The topological polar surface area (TPSA) is 61.0 Å². The quantitative estimate of drug-likeness (QED) is 0.940. The van der Waals surface area contributed by atoms with Crippen molar-refractivity contribution >= 4 is 0 Å². The van der Waals surface area contributed by atoms with Crippen molar-refractivity contribution in [1.29, 1.82) is 0 Å². The molecule has 1 unspecified atom stereocenters. The van der Waals surface area contributed by atoms with E-state index in [1.807, 2.05) is 0 Å². The van der Waals surface area contributed by atoms with Gasteiger partial charge in [0.05, 0.1) is 24.4 Å². The molecule has 1 aromatic carbocycles. The van der Waals surface area contributed by atoms with Gasteiger partial charge >= 0.3 is 6.18 Å². The van der Waals surface area contributed by atoms with Crippen molar-refractivity contribution in [3.05, 3.63) is 53.5 Å². The third kappa shape index (κ3) is 2.88. The number of benzene rings is 1. The predicted octanol–water partition coefficient (Wildman–Crippen LogP) is 2.55. The lowest BCUT2D eigenvalue weighted by Crippen LogP contribution is -2.19. The van der Waals surface area contributed by atoms with Crippen LogP contribution in [0.15, 0.2) is 36.7 Å². The standard InChI is InChI=1S/C13H12F3N3O/c1-20-11-6-10(18-7-19-11)12(17)8-4-2-3-5-9(8)13(14,15)16/h2-7,12H,17H2,1H3. The molecule has 1 aromatic heterocycles. The summed E-state index contributed by atoms with van der Waals surface area (Å²) in [7, 11) is 1.40. The van der Waals surface area contributed by atoms with Crippen molar-refractivity contribution in [3.63, 3.8) is 0 Å². The first-order valence-corrected chi connectivity index (χ1v) is 5.71. The van der Waals surface area contributed by atoms with E-state index in [2.05, 4.69) is 9.97 Å². The third-order valence-electron chi connectivity index (χ3n) is 2.79. The van der Waals surface area contributed by atoms with Crippen LogP contribution in [0.25, 0.3) is 0 Å². The van der Waals surface area contributed by atoms with Crippen LogP contribution in [-0.2, 0) is 6.18 Å². The van der Waals surface area contributed by atoms with E-state index in [0.29, 0.717) is 0 Å². The normalized spacial score (nSPS) is 13.1. The summed E-state index contributed by atoms with van der Waals surface area (Å²) in [4.78, 5) is 7.70. The number of alkyl halides is 3. The number of ether oxygens (including phenoxy) is 1. The fraction of sp³-hybridized carbons (Fsp3) is 0.231. The summed E-state index contributed by atoms with van der Waals surface area (Å²) in [6.45, 7) is 0. The second-order valence-electron chi connectivity index (χ2n) is 4.05. The summed E-state index contributed by atoms with van der Waals surface area (Å²) >= 11 is 0. The lowest BCUT2D eigenvalue weighted by molar-refractivity contribution is -0.138. The largest absolute Gasteiger partial charge is 0.481 e. The minimum Gasteiger partial charge on any atom is -0.481 e. The number of nitrogens with two attached hydrogens (primary N) is 1. The molecule has 2 aromatic rings. The van der Waals surface area contributed by atoms with Gasteiger partial charge in [0.1, 0.15) is 6.33 Å². The Morgan fingerprint density at radius 3 is 2.55 bits per heavy atom. The zero-order valence-corrected chi connectivity index (χ0v) is 10.6. The Morgan fingerprint density at radius 1 is 1.20 bits per heavy atom. The van der Waals surface area contributed by atoms with Crippen molar-refractivity contribution in [2.45, 2.75) is 12.2 Å². The van der Waals surface area contributed by atoms with Crippen LogP contribution in [0.4, 0.5) is 13.2 Å². The van der Waals surface area contributed by atoms with E-state index in [1.165, 1.54) is 37.7 Å². The van der Waals surface area contributed by atoms with Gasteiger partial charge < -0.3 is 10.5 Å². The maximum atomic E-state index is 13.0. The van der Waals surface area contributed by atoms with E-state index in [-0.39, 0.29) is 17.1 Å². The summed E-state index contributed by atoms with van der Waals surface area (Å²) in [6, 6.07) is 5.56. The van der Waals surface area contributed by atoms with Gasteiger partial charge in [-0.15, -0.1) is 0 Å². The number of nitrogens with zero attached hydrogens (tertiary/aromatic N) is 2. The molecule has 106 valence electrons. The van der Waals surface area contributed by atoms with Crippen LogP contribution in [0.5, 0.6) is 5.88 Å². The minimum atomic E-state index is -4.47. The lowest BCUT2D eigenvalue weighted by Gasteiger charge is -2.18. The Morgan fingerprint density at radius 2 is 1.90 bits per heavy atom. The maximum Gasteiger partial charge on any atom is 0.416 e. The van der Waals surface area contributed by atoms with Crippen LogP contribution in [0, 0.1) is 0 Å². The highest BCUT2D eigenvalue weighted by Gasteiger charge is 2.34. The molecule has 0 amide bonds. The first-order valence-electron chi connectivity index (χ1n) is 5.71. The molecule has 0 fully saturated rings. The van der Waals surface area contributed by atoms with Gasteiger partial charge in [0.15, 0.2) is 0 Å². The highest BCUT2D eigenvalue weighted by atomic mass is 19.4. The van der Waals surface area contributed by atoms with Gasteiger partial charge in [0.25, 0.3) is 0 Å². The van der Waals surface area contributed by atoms with Gasteiger partial charge in [-0.2, -0.15) is 13.2 Å². The van der Waals surface area contributed by atoms with Crippen LogP contribution in [0.3, 0.4) is 0 Å². The second-order valence-corrected chi connectivity index (χ2v) is 4.05. The van der Waals surface area contributed by atoms with E-state index in [9.17, 15) is 13.2 Å². The van der Waals surface area contributed by atoms with Gasteiger partial charge in [0.2, 0.25) is 5.88 Å². The van der Waals surface area contributed by atoms with Crippen molar-refractivity contribution in [3.8, 4) is 5.88 Å². The molecular weight excluding hydrogens is 271 g/mol. The average Bonchev–Trinajstić information content (AvgIpc) is 2.45. The van der Waals surface area contributed by atoms with Crippen LogP contribution in [0.1, 0.15) is 22.9 Å². The molecule has 0 spiro atoms. The molecule has 1 heterocycles. The van der Waals surface area contributed by atoms with E-state index in [0.717, 1.165) is 6.07 Å². The highest BCUT2D eigenvalue weighted by Crippen LogP contribution is 2.35. The molecule has 1 atom stereocenters. The summed E-state index contributed by atoms with van der Waals surface area (Å²) < 4.78 is 43.8. The maximum absolute atomic E-state index is 13.0. The van der Waals surface area contributed by atoms with E-state index < -0.39 is 17.8 Å². The molecule has 0 radical (unpaired) electrons. The summed E-state index contributed by atoms with van der Waals surface area (Å²) in [5.41, 5.74) is 5.34. The summed E-state index contributed by atoms with van der Waals surface area (Å²) in [5, 5.41) is 0. The minimum absolute atomic E-state index is 0.0410. The smallest absolute Gasteiger partial charge is 0.416 e. The fourth-order valence-electron chi connectivity index (χ4n) is 1.82. The van der Waals surface area contributed by atoms with Gasteiger partial charge in [0, 0.05) is 6.07 Å². The molecular formula is C13H12F3N3O. The Hall–Kier alpha value is -2.15. The molecule has 0 aliphatic rings. The Kier molecular flexibility index (Phi) is 3.89. The van der Waals surface area contributed by atoms with Crippen LogP contribution < -0.4 is 10.5 Å². The highest BCUT2D eigenvalue weighted by molar-refractivity contribution is 5.37. The molecule has 0 bridgehead atoms. The zero-order valence-electron chi connectivity index (χ0n) is 10.6. The molecule has 4 nitrogen and oxygen atoms in total. The van der Waals surface area contributed by atoms with Gasteiger partial charge in [-0.05, 0) is 11.6 Å². The molecule has 0 aliphatic heterocycles. The summed E-state index contributed by atoms with van der Waals surface area (Å²) in [6.07, 6.45) is -3.27. The summed E-state index contributed by atoms with van der Waals surface area (Å²) in [5.74, 6) is 0.245. The number of methoxy groups -OCH3 is 1. The molecule has 20 heavy (non-hydrogen) atoms. The molecule has 0 aliphatic carbocycles. The zero-order chi connectivity index (χ0) is 14.8. The van der Waals surface area contributed by atoms with Crippen LogP contribution in [-0.4, -0.2) is 17.1 Å². The Bertz CT molecular complexity index is 601. The van der Waals surface area contributed by atoms with Gasteiger partial charge in [-0.1, -0.05) is 18.2 Å². The van der Waals surface area contributed by atoms with Crippen molar-refractivity contribution < 1.29 is 17.9 Å². The lowest BCUT2D eigenvalue weighted by atomic mass is 9.98. The van der Waals surface area contributed by atoms with Crippen molar-refractivity contribution in [2.75, 3.05) is 7.11 Å². The first kappa shape index (κ1) is 14.3. The molecule has 7 heteroatoms. The Balaban J connectivity index is 2.45. The third-order valence-corrected chi connectivity index (χ3v) is 2.79. The number of hydrogen-bond acceptors (Lipinski definition) is 4. The number of rotatable bonds is 3. The molecule has 0 saturated carbocycles. The second kappa shape index (κ2) is 5.46. The number of halogens is 3. The van der Waals surface area contributed by atoms with E-state index in [4.69, 9.17) is 10.5 Å². The van der Waals surface area contributed by atoms with Crippen molar-refractivity contribution in [1.82, 2.24) is 9.97 Å².